The van der Waals surface area contributed by atoms with E-state index in [0.717, 1.165) is 30.8 Å². The van der Waals surface area contributed by atoms with Gasteiger partial charge in [-0.3, -0.25) is 4.79 Å². The Morgan fingerprint density at radius 1 is 1.00 bits per heavy atom. The quantitative estimate of drug-likeness (QED) is 0.690. The maximum atomic E-state index is 12.8. The molecule has 6 heteroatoms. The lowest BCUT2D eigenvalue weighted by Crippen LogP contribution is -2.37. The normalized spacial score (nSPS) is 15.4. The Labute approximate surface area is 165 Å². The molecule has 1 aliphatic heterocycles. The summed E-state index contributed by atoms with van der Waals surface area (Å²) in [4.78, 5) is 15.2. The Bertz CT molecular complexity index is 888. The lowest BCUT2D eigenvalue weighted by Gasteiger charge is -2.24. The second-order valence-electron chi connectivity index (χ2n) is 7.23. The van der Waals surface area contributed by atoms with Crippen LogP contribution in [-0.2, 0) is 6.54 Å². The molecule has 6 nitrogen and oxygen atoms in total. The van der Waals surface area contributed by atoms with Crippen LogP contribution in [0.25, 0.3) is 0 Å². The summed E-state index contributed by atoms with van der Waals surface area (Å²) >= 11 is 0. The summed E-state index contributed by atoms with van der Waals surface area (Å²) in [7, 11) is 0. The average Bonchev–Trinajstić information content (AvgIpc) is 3.41. The van der Waals surface area contributed by atoms with Crippen molar-refractivity contribution in [3.8, 4) is 0 Å². The number of rotatable bonds is 7. The minimum absolute atomic E-state index is 0.0638. The molecule has 2 heterocycles. The average molecular weight is 375 g/mol. The third kappa shape index (κ3) is 4.64. The van der Waals surface area contributed by atoms with E-state index in [0.29, 0.717) is 12.2 Å². The SMILES string of the molecule is O=C(NC(CN1CCCC1)c1ccccc1)c1cn(Cc2ccccc2)nn1. The van der Waals surface area contributed by atoms with Gasteiger partial charge in [0.2, 0.25) is 0 Å². The molecule has 1 saturated heterocycles. The Morgan fingerprint density at radius 3 is 2.39 bits per heavy atom. The van der Waals surface area contributed by atoms with Crippen LogP contribution in [0.2, 0.25) is 0 Å². The molecular formula is C22H25N5O. The predicted molar refractivity (Wildman–Crippen MR) is 108 cm³/mol. The Kier molecular flexibility index (Phi) is 5.77. The lowest BCUT2D eigenvalue weighted by atomic mass is 10.1. The molecule has 0 spiro atoms. The summed E-state index contributed by atoms with van der Waals surface area (Å²) in [5, 5.41) is 11.3. The van der Waals surface area contributed by atoms with Crippen molar-refractivity contribution < 1.29 is 4.79 Å². The van der Waals surface area contributed by atoms with Gasteiger partial charge in [0.15, 0.2) is 5.69 Å². The van der Waals surface area contributed by atoms with E-state index in [2.05, 4.69) is 32.7 Å². The number of carbonyl (C=O) groups excluding carboxylic acids is 1. The highest BCUT2D eigenvalue weighted by atomic mass is 16.2. The Morgan fingerprint density at radius 2 is 1.68 bits per heavy atom. The van der Waals surface area contributed by atoms with E-state index in [4.69, 9.17) is 0 Å². The molecule has 3 aromatic rings. The van der Waals surface area contributed by atoms with Crippen molar-refractivity contribution in [3.05, 3.63) is 83.7 Å². The zero-order valence-corrected chi connectivity index (χ0v) is 15.9. The molecule has 1 atom stereocenters. The summed E-state index contributed by atoms with van der Waals surface area (Å²) in [6.07, 6.45) is 4.16. The highest BCUT2D eigenvalue weighted by Gasteiger charge is 2.22. The monoisotopic (exact) mass is 375 g/mol. The Balaban J connectivity index is 1.45. The van der Waals surface area contributed by atoms with Crippen molar-refractivity contribution >= 4 is 5.91 Å². The van der Waals surface area contributed by atoms with Crippen LogP contribution in [0.1, 0.15) is 40.5 Å². The number of hydrogen-bond donors (Lipinski definition) is 1. The van der Waals surface area contributed by atoms with E-state index in [1.165, 1.54) is 12.8 Å². The number of carbonyl (C=O) groups is 1. The molecule has 0 radical (unpaired) electrons. The van der Waals surface area contributed by atoms with Gasteiger partial charge in [0, 0.05) is 6.54 Å². The standard InChI is InChI=1S/C22H25N5O/c28-22(21-17-27(25-24-21)15-18-9-3-1-4-10-18)23-20(16-26-13-7-8-14-26)19-11-5-2-6-12-19/h1-6,9-12,17,20H,7-8,13-16H2,(H,23,28). The molecule has 1 fully saturated rings. The molecule has 1 unspecified atom stereocenters. The van der Waals surface area contributed by atoms with Gasteiger partial charge < -0.3 is 10.2 Å². The fraction of sp³-hybridized carbons (Fsp3) is 0.318. The van der Waals surface area contributed by atoms with E-state index in [9.17, 15) is 4.79 Å². The van der Waals surface area contributed by atoms with Crippen LogP contribution < -0.4 is 5.32 Å². The summed E-state index contributed by atoms with van der Waals surface area (Å²) < 4.78 is 1.70. The smallest absolute Gasteiger partial charge is 0.273 e. The first kappa shape index (κ1) is 18.4. The number of aromatic nitrogens is 3. The maximum Gasteiger partial charge on any atom is 0.273 e. The molecule has 1 amide bonds. The van der Waals surface area contributed by atoms with Crippen molar-refractivity contribution in [2.24, 2.45) is 0 Å². The van der Waals surface area contributed by atoms with Crippen LogP contribution in [0.5, 0.6) is 0 Å². The van der Waals surface area contributed by atoms with E-state index in [1.54, 1.807) is 10.9 Å². The molecule has 1 N–H and O–H groups in total. The van der Waals surface area contributed by atoms with E-state index < -0.39 is 0 Å². The van der Waals surface area contributed by atoms with Crippen molar-refractivity contribution in [3.63, 3.8) is 0 Å². The zero-order chi connectivity index (χ0) is 19.2. The molecule has 28 heavy (non-hydrogen) atoms. The van der Waals surface area contributed by atoms with Crippen molar-refractivity contribution in [2.45, 2.75) is 25.4 Å². The molecular weight excluding hydrogens is 350 g/mol. The minimum atomic E-state index is -0.188. The van der Waals surface area contributed by atoms with E-state index in [1.807, 2.05) is 48.5 Å². The van der Waals surface area contributed by atoms with Crippen molar-refractivity contribution in [2.75, 3.05) is 19.6 Å². The van der Waals surface area contributed by atoms with E-state index >= 15 is 0 Å². The zero-order valence-electron chi connectivity index (χ0n) is 15.9. The molecule has 4 rings (SSSR count). The van der Waals surface area contributed by atoms with Crippen LogP contribution in [0, 0.1) is 0 Å². The molecule has 1 aromatic heterocycles. The Hall–Kier alpha value is -2.99. The van der Waals surface area contributed by atoms with Gasteiger partial charge >= 0.3 is 0 Å². The fourth-order valence-corrected chi connectivity index (χ4v) is 3.63. The lowest BCUT2D eigenvalue weighted by molar-refractivity contribution is 0.0922. The van der Waals surface area contributed by atoms with Gasteiger partial charge in [0.05, 0.1) is 18.8 Å². The third-order valence-electron chi connectivity index (χ3n) is 5.11. The number of nitrogens with zero attached hydrogens (tertiary/aromatic N) is 4. The van der Waals surface area contributed by atoms with Crippen molar-refractivity contribution in [1.29, 1.82) is 0 Å². The van der Waals surface area contributed by atoms with Crippen LogP contribution >= 0.6 is 0 Å². The van der Waals surface area contributed by atoms with Gasteiger partial charge in [-0.05, 0) is 37.1 Å². The van der Waals surface area contributed by atoms with Gasteiger partial charge in [-0.1, -0.05) is 65.9 Å². The van der Waals surface area contributed by atoms with Crippen LogP contribution in [0.15, 0.2) is 66.9 Å². The first-order chi connectivity index (χ1) is 13.8. The van der Waals surface area contributed by atoms with Gasteiger partial charge in [-0.2, -0.15) is 0 Å². The molecule has 0 saturated carbocycles. The van der Waals surface area contributed by atoms with Gasteiger partial charge in [0.25, 0.3) is 5.91 Å². The second kappa shape index (κ2) is 8.80. The second-order valence-corrected chi connectivity index (χ2v) is 7.23. The summed E-state index contributed by atoms with van der Waals surface area (Å²) in [6, 6.07) is 20.1. The van der Waals surface area contributed by atoms with Gasteiger partial charge in [-0.15, -0.1) is 5.10 Å². The van der Waals surface area contributed by atoms with E-state index in [-0.39, 0.29) is 11.9 Å². The molecule has 144 valence electrons. The molecule has 2 aromatic carbocycles. The van der Waals surface area contributed by atoms with Gasteiger partial charge in [0.1, 0.15) is 0 Å². The summed E-state index contributed by atoms with van der Waals surface area (Å²) in [5.41, 5.74) is 2.58. The first-order valence-electron chi connectivity index (χ1n) is 9.80. The summed E-state index contributed by atoms with van der Waals surface area (Å²) in [6.45, 7) is 3.59. The molecule has 1 aliphatic rings. The van der Waals surface area contributed by atoms with Crippen LogP contribution in [0.3, 0.4) is 0 Å². The molecule has 0 aliphatic carbocycles. The molecule has 0 bridgehead atoms. The minimum Gasteiger partial charge on any atom is -0.342 e. The number of amides is 1. The maximum absolute atomic E-state index is 12.8. The van der Waals surface area contributed by atoms with Crippen LogP contribution in [0.4, 0.5) is 0 Å². The summed E-state index contributed by atoms with van der Waals surface area (Å²) in [5.74, 6) is -0.188. The fourth-order valence-electron chi connectivity index (χ4n) is 3.63. The highest BCUT2D eigenvalue weighted by Crippen LogP contribution is 2.18. The highest BCUT2D eigenvalue weighted by molar-refractivity contribution is 5.92. The van der Waals surface area contributed by atoms with Crippen molar-refractivity contribution in [1.82, 2.24) is 25.2 Å². The largest absolute Gasteiger partial charge is 0.342 e. The van der Waals surface area contributed by atoms with Gasteiger partial charge in [-0.25, -0.2) is 4.68 Å². The van der Waals surface area contributed by atoms with Crippen LogP contribution in [-0.4, -0.2) is 45.4 Å². The predicted octanol–water partition coefficient (Wildman–Crippen LogP) is 2.89. The number of likely N-dealkylation sites (tertiary alicyclic amines) is 1. The topological polar surface area (TPSA) is 63.1 Å². The number of hydrogen-bond acceptors (Lipinski definition) is 4. The number of benzene rings is 2. The third-order valence-corrected chi connectivity index (χ3v) is 5.11. The first-order valence-corrected chi connectivity index (χ1v) is 9.80. The number of nitrogens with one attached hydrogen (secondary N) is 1.